The molecule has 3 nitrogen and oxygen atoms in total. The van der Waals surface area contributed by atoms with Gasteiger partial charge in [-0.05, 0) is 49.6 Å². The van der Waals surface area contributed by atoms with Crippen LogP contribution in [0.4, 0.5) is 4.39 Å². The first kappa shape index (κ1) is 22.4. The molecule has 0 radical (unpaired) electrons. The average Bonchev–Trinajstić information content (AvgIpc) is 2.78. The Morgan fingerprint density at radius 1 is 0.906 bits per heavy atom. The molecule has 0 amide bonds. The molecule has 1 unspecified atom stereocenters. The summed E-state index contributed by atoms with van der Waals surface area (Å²) in [4.78, 5) is 16.8. The zero-order valence-corrected chi connectivity index (χ0v) is 19.0. The number of rotatable bonds is 6. The minimum Gasteiger partial charge on any atom is -0.295 e. The Morgan fingerprint density at radius 3 is 2.25 bits per heavy atom. The summed E-state index contributed by atoms with van der Waals surface area (Å²) >= 11 is 0. The molecular weight excluding hydrogens is 399 g/mol. The smallest absolute Gasteiger partial charge is 0.159 e. The molecule has 0 N–H and O–H groups in total. The van der Waals surface area contributed by atoms with Gasteiger partial charge in [0.25, 0.3) is 0 Å². The summed E-state index contributed by atoms with van der Waals surface area (Å²) in [5.74, 6) is -0.0965. The predicted octanol–water partition coefficient (Wildman–Crippen LogP) is 5.71. The van der Waals surface area contributed by atoms with Crippen LogP contribution in [0.25, 0.3) is 0 Å². The van der Waals surface area contributed by atoms with Gasteiger partial charge in [0.1, 0.15) is 5.82 Å². The molecule has 4 rings (SSSR count). The number of piperazine rings is 1. The van der Waals surface area contributed by atoms with Crippen LogP contribution in [0.1, 0.15) is 53.9 Å². The van der Waals surface area contributed by atoms with E-state index in [1.54, 1.807) is 19.1 Å². The molecule has 0 spiro atoms. The second-order valence-corrected chi connectivity index (χ2v) is 8.95. The van der Waals surface area contributed by atoms with Gasteiger partial charge in [0.05, 0.1) is 6.04 Å². The van der Waals surface area contributed by atoms with Gasteiger partial charge in [-0.25, -0.2) is 4.39 Å². The van der Waals surface area contributed by atoms with E-state index in [4.69, 9.17) is 0 Å². The highest BCUT2D eigenvalue weighted by Gasteiger charge is 2.34. The van der Waals surface area contributed by atoms with Crippen molar-refractivity contribution in [1.82, 2.24) is 9.80 Å². The number of hydrogen-bond acceptors (Lipinski definition) is 3. The maximum atomic E-state index is 13.7. The maximum absolute atomic E-state index is 13.7. The molecule has 1 aliphatic heterocycles. The van der Waals surface area contributed by atoms with Crippen LogP contribution in [-0.2, 0) is 6.54 Å². The SMILES string of the molecule is CC(=O)c1ccc(C(c2ccccc2)N2C[C@H](C)N(Cc3cccc(F)c3)C[C@H]2C)cc1. The van der Waals surface area contributed by atoms with Gasteiger partial charge in [0, 0.05) is 37.3 Å². The minimum absolute atomic E-state index is 0.0840. The van der Waals surface area contributed by atoms with Crippen LogP contribution in [0.3, 0.4) is 0 Å². The Balaban J connectivity index is 1.60. The monoisotopic (exact) mass is 430 g/mol. The molecule has 0 saturated carbocycles. The summed E-state index contributed by atoms with van der Waals surface area (Å²) in [5.41, 5.74) is 4.19. The lowest BCUT2D eigenvalue weighted by atomic mass is 9.92. The van der Waals surface area contributed by atoms with E-state index < -0.39 is 0 Å². The molecule has 3 aromatic carbocycles. The quantitative estimate of drug-likeness (QED) is 0.468. The van der Waals surface area contributed by atoms with Crippen molar-refractivity contribution in [3.8, 4) is 0 Å². The van der Waals surface area contributed by atoms with Gasteiger partial charge < -0.3 is 0 Å². The molecule has 3 atom stereocenters. The molecule has 0 aromatic heterocycles. The summed E-state index contributed by atoms with van der Waals surface area (Å²) in [6.07, 6.45) is 0. The largest absolute Gasteiger partial charge is 0.295 e. The lowest BCUT2D eigenvalue weighted by Gasteiger charge is -2.47. The van der Waals surface area contributed by atoms with E-state index in [-0.39, 0.29) is 17.6 Å². The fourth-order valence-electron chi connectivity index (χ4n) is 4.79. The van der Waals surface area contributed by atoms with Gasteiger partial charge in [0.2, 0.25) is 0 Å². The number of ketones is 1. The number of hydrogen-bond donors (Lipinski definition) is 0. The standard InChI is InChI=1S/C28H31FN2O/c1-20-18-31(21(2)17-30(20)19-23-8-7-11-27(29)16-23)28(25-9-5-4-6-10-25)26-14-12-24(13-15-26)22(3)32/h4-16,20-21,28H,17-19H2,1-3H3/t20-,21+,28?/m0/s1. The van der Waals surface area contributed by atoms with Crippen LogP contribution in [0.15, 0.2) is 78.9 Å². The summed E-state index contributed by atoms with van der Waals surface area (Å²) in [6.45, 7) is 8.69. The summed E-state index contributed by atoms with van der Waals surface area (Å²) in [7, 11) is 0. The van der Waals surface area contributed by atoms with Crippen molar-refractivity contribution in [2.45, 2.75) is 45.4 Å². The topological polar surface area (TPSA) is 23.6 Å². The van der Waals surface area contributed by atoms with Crippen LogP contribution in [0.5, 0.6) is 0 Å². The molecule has 32 heavy (non-hydrogen) atoms. The molecular formula is C28H31FN2O. The van der Waals surface area contributed by atoms with E-state index in [0.29, 0.717) is 12.1 Å². The zero-order valence-electron chi connectivity index (χ0n) is 19.0. The molecule has 1 fully saturated rings. The second-order valence-electron chi connectivity index (χ2n) is 8.95. The minimum atomic E-state index is -0.181. The number of benzene rings is 3. The number of carbonyl (C=O) groups is 1. The summed E-state index contributed by atoms with van der Waals surface area (Å²) in [6, 6.07) is 26.3. The first-order valence-electron chi connectivity index (χ1n) is 11.3. The fraction of sp³-hybridized carbons (Fsp3) is 0.321. The van der Waals surface area contributed by atoms with Gasteiger partial charge in [0.15, 0.2) is 5.78 Å². The Morgan fingerprint density at radius 2 is 1.59 bits per heavy atom. The first-order chi connectivity index (χ1) is 15.4. The zero-order chi connectivity index (χ0) is 22.7. The molecule has 1 aliphatic rings. The van der Waals surface area contributed by atoms with Crippen LogP contribution in [0, 0.1) is 5.82 Å². The van der Waals surface area contributed by atoms with Gasteiger partial charge in [-0.1, -0.05) is 66.7 Å². The molecule has 1 heterocycles. The number of nitrogens with zero attached hydrogens (tertiary/aromatic N) is 2. The summed E-state index contributed by atoms with van der Waals surface area (Å²) < 4.78 is 13.7. The molecule has 166 valence electrons. The molecule has 0 bridgehead atoms. The van der Waals surface area contributed by atoms with Gasteiger partial charge in [-0.15, -0.1) is 0 Å². The normalized spacial score (nSPS) is 20.8. The second kappa shape index (κ2) is 9.76. The van der Waals surface area contributed by atoms with Crippen molar-refractivity contribution in [2.24, 2.45) is 0 Å². The van der Waals surface area contributed by atoms with E-state index >= 15 is 0 Å². The Labute approximate surface area is 190 Å². The van der Waals surface area contributed by atoms with Crippen LogP contribution in [0.2, 0.25) is 0 Å². The predicted molar refractivity (Wildman–Crippen MR) is 127 cm³/mol. The van der Waals surface area contributed by atoms with E-state index in [1.165, 1.54) is 17.2 Å². The summed E-state index contributed by atoms with van der Waals surface area (Å²) in [5, 5.41) is 0. The fourth-order valence-corrected chi connectivity index (χ4v) is 4.79. The van der Waals surface area contributed by atoms with Crippen LogP contribution < -0.4 is 0 Å². The van der Waals surface area contributed by atoms with E-state index in [2.05, 4.69) is 60.0 Å². The van der Waals surface area contributed by atoms with Crippen molar-refractivity contribution < 1.29 is 9.18 Å². The third-order valence-electron chi connectivity index (χ3n) is 6.52. The Bertz CT molecular complexity index is 1050. The lowest BCUT2D eigenvalue weighted by Crippen LogP contribution is -2.56. The molecule has 0 aliphatic carbocycles. The number of Topliss-reactive ketones (excluding diaryl/α,β-unsaturated/α-hetero) is 1. The van der Waals surface area contributed by atoms with Crippen LogP contribution >= 0.6 is 0 Å². The highest BCUT2D eigenvalue weighted by Crippen LogP contribution is 2.33. The van der Waals surface area contributed by atoms with Crippen molar-refractivity contribution >= 4 is 5.78 Å². The Kier molecular flexibility index (Phi) is 6.83. The number of carbonyl (C=O) groups excluding carboxylic acids is 1. The number of halogens is 1. The van der Waals surface area contributed by atoms with E-state index in [9.17, 15) is 9.18 Å². The van der Waals surface area contributed by atoms with Crippen molar-refractivity contribution in [2.75, 3.05) is 13.1 Å². The maximum Gasteiger partial charge on any atom is 0.159 e. The van der Waals surface area contributed by atoms with Crippen LogP contribution in [-0.4, -0.2) is 40.8 Å². The third kappa shape index (κ3) is 4.98. The van der Waals surface area contributed by atoms with E-state index in [0.717, 1.165) is 30.8 Å². The van der Waals surface area contributed by atoms with Gasteiger partial charge in [-0.3, -0.25) is 14.6 Å². The molecule has 1 saturated heterocycles. The first-order valence-corrected chi connectivity index (χ1v) is 11.3. The third-order valence-corrected chi connectivity index (χ3v) is 6.52. The van der Waals surface area contributed by atoms with Gasteiger partial charge >= 0.3 is 0 Å². The molecule has 3 aromatic rings. The Hall–Kier alpha value is -2.82. The van der Waals surface area contributed by atoms with Crippen molar-refractivity contribution in [3.05, 3.63) is 107 Å². The lowest BCUT2D eigenvalue weighted by molar-refractivity contribution is 0.0195. The van der Waals surface area contributed by atoms with Gasteiger partial charge in [-0.2, -0.15) is 0 Å². The van der Waals surface area contributed by atoms with Crippen molar-refractivity contribution in [1.29, 1.82) is 0 Å². The van der Waals surface area contributed by atoms with Crippen molar-refractivity contribution in [3.63, 3.8) is 0 Å². The highest BCUT2D eigenvalue weighted by atomic mass is 19.1. The van der Waals surface area contributed by atoms with E-state index in [1.807, 2.05) is 24.3 Å². The highest BCUT2D eigenvalue weighted by molar-refractivity contribution is 5.94. The molecule has 4 heteroatoms. The average molecular weight is 431 g/mol.